The minimum atomic E-state index is -1.55. The summed E-state index contributed by atoms with van der Waals surface area (Å²) in [7, 11) is 0. The third kappa shape index (κ3) is 3.86. The Kier molecular flexibility index (Phi) is 5.56. The van der Waals surface area contributed by atoms with E-state index in [4.69, 9.17) is 9.57 Å². The van der Waals surface area contributed by atoms with Crippen molar-refractivity contribution in [3.05, 3.63) is 54.0 Å². The highest BCUT2D eigenvalue weighted by Crippen LogP contribution is 2.21. The molecule has 1 aromatic carbocycles. The van der Waals surface area contributed by atoms with E-state index >= 15 is 0 Å². The Morgan fingerprint density at radius 1 is 1.10 bits per heavy atom. The maximum absolute atomic E-state index is 10.1. The van der Waals surface area contributed by atoms with Crippen molar-refractivity contribution in [1.29, 1.82) is 0 Å². The third-order valence-electron chi connectivity index (χ3n) is 4.66. The average molecular weight is 403 g/mol. The molecular formula is C18H21N5O6. The predicted octanol–water partition coefficient (Wildman–Crippen LogP) is -1.91. The Labute approximate surface area is 164 Å². The van der Waals surface area contributed by atoms with E-state index in [1.54, 1.807) is 0 Å². The molecule has 0 bridgehead atoms. The van der Waals surface area contributed by atoms with E-state index < -0.39 is 37.3 Å². The average Bonchev–Trinajstić information content (AvgIpc) is 3.24. The van der Waals surface area contributed by atoms with Gasteiger partial charge in [0, 0.05) is 0 Å². The fourth-order valence-electron chi connectivity index (χ4n) is 3.06. The van der Waals surface area contributed by atoms with Gasteiger partial charge in [0.15, 0.2) is 11.1 Å². The van der Waals surface area contributed by atoms with Crippen molar-refractivity contribution < 1.29 is 30.0 Å². The second-order valence-corrected chi connectivity index (χ2v) is 6.60. The van der Waals surface area contributed by atoms with Crippen LogP contribution in [0.25, 0.3) is 11.2 Å². The quantitative estimate of drug-likeness (QED) is 0.330. The number of nitrogens with zero attached hydrogens (tertiary/aromatic N) is 4. The summed E-state index contributed by atoms with van der Waals surface area (Å²) in [6.07, 6.45) is -4.24. The molecule has 5 unspecified atom stereocenters. The number of rotatable bonds is 5. The molecule has 154 valence electrons. The molecule has 0 aliphatic carbocycles. The van der Waals surface area contributed by atoms with Gasteiger partial charge in [-0.3, -0.25) is 4.99 Å². The lowest BCUT2D eigenvalue weighted by molar-refractivity contribution is -0.299. The molecule has 2 aromatic heterocycles. The normalized spacial score (nSPS) is 28.0. The van der Waals surface area contributed by atoms with Crippen LogP contribution in [0.1, 0.15) is 5.56 Å². The number of nitrogens with one attached hydrogen (secondary N) is 1. The number of imidazole rings is 1. The highest BCUT2D eigenvalue weighted by atomic mass is 16.8. The molecule has 5 N–H and O–H groups in total. The summed E-state index contributed by atoms with van der Waals surface area (Å²) in [5, 5.41) is 39.2. The van der Waals surface area contributed by atoms with Gasteiger partial charge in [-0.1, -0.05) is 30.3 Å². The van der Waals surface area contributed by atoms with Crippen LogP contribution in [-0.4, -0.2) is 77.4 Å². The van der Waals surface area contributed by atoms with Crippen molar-refractivity contribution >= 4 is 11.2 Å². The van der Waals surface area contributed by atoms with E-state index in [2.05, 4.69) is 19.9 Å². The number of hydrogen-bond donors (Lipinski definition) is 5. The van der Waals surface area contributed by atoms with Crippen LogP contribution in [0, 0.1) is 0 Å². The molecule has 5 atom stereocenters. The molecule has 0 spiro atoms. The van der Waals surface area contributed by atoms with Crippen LogP contribution in [0.2, 0.25) is 0 Å². The van der Waals surface area contributed by atoms with Gasteiger partial charge in [0.2, 0.25) is 0 Å². The van der Waals surface area contributed by atoms with Gasteiger partial charge in [0.1, 0.15) is 36.3 Å². The minimum Gasteiger partial charge on any atom is -0.394 e. The Hall–Kier alpha value is -2.83. The summed E-state index contributed by atoms with van der Waals surface area (Å²) in [5.41, 5.74) is 2.29. The predicted molar refractivity (Wildman–Crippen MR) is 97.9 cm³/mol. The Bertz CT molecular complexity index is 1020. The zero-order valence-electron chi connectivity index (χ0n) is 15.2. The SMILES string of the molecule is OCC1OC(On2cnc(=NCc3ccccc3)c3[nH]cnc32)C(O)C(O)C1O. The zero-order valence-corrected chi connectivity index (χ0v) is 15.2. The number of hydrogen-bond acceptors (Lipinski definition) is 9. The molecule has 4 rings (SSSR count). The number of ether oxygens (including phenoxy) is 1. The molecule has 11 heteroatoms. The fourth-order valence-corrected chi connectivity index (χ4v) is 3.06. The van der Waals surface area contributed by atoms with Crippen LogP contribution in [0.5, 0.6) is 0 Å². The molecule has 1 saturated heterocycles. The van der Waals surface area contributed by atoms with E-state index in [-0.39, 0.29) is 0 Å². The zero-order chi connectivity index (χ0) is 20.4. The molecular weight excluding hydrogens is 382 g/mol. The lowest BCUT2D eigenvalue weighted by Gasteiger charge is -2.39. The number of aliphatic hydroxyl groups is 4. The van der Waals surface area contributed by atoms with Gasteiger partial charge < -0.3 is 35.0 Å². The van der Waals surface area contributed by atoms with Gasteiger partial charge in [0.05, 0.1) is 19.5 Å². The van der Waals surface area contributed by atoms with Crippen LogP contribution in [0.15, 0.2) is 48.0 Å². The summed E-state index contributed by atoms with van der Waals surface area (Å²) in [6, 6.07) is 9.70. The number of aliphatic hydroxyl groups excluding tert-OH is 4. The number of aromatic amines is 1. The minimum absolute atomic E-state index is 0.337. The van der Waals surface area contributed by atoms with Crippen LogP contribution < -0.4 is 10.3 Å². The first-order valence-corrected chi connectivity index (χ1v) is 9.01. The monoisotopic (exact) mass is 403 g/mol. The second-order valence-electron chi connectivity index (χ2n) is 6.60. The van der Waals surface area contributed by atoms with E-state index in [9.17, 15) is 20.4 Å². The lowest BCUT2D eigenvalue weighted by Crippen LogP contribution is -2.61. The summed E-state index contributed by atoms with van der Waals surface area (Å²) in [6.45, 7) is -0.123. The van der Waals surface area contributed by atoms with E-state index in [1.165, 1.54) is 17.4 Å². The molecule has 3 heterocycles. The van der Waals surface area contributed by atoms with Crippen LogP contribution in [0.3, 0.4) is 0 Å². The second kappa shape index (κ2) is 8.27. The van der Waals surface area contributed by atoms with Gasteiger partial charge in [0.25, 0.3) is 6.29 Å². The summed E-state index contributed by atoms with van der Waals surface area (Å²) in [5.74, 6) is 0. The molecule has 0 saturated carbocycles. The van der Waals surface area contributed by atoms with Gasteiger partial charge in [-0.25, -0.2) is 9.97 Å². The number of fused-ring (bicyclic) bond motifs is 1. The van der Waals surface area contributed by atoms with Gasteiger partial charge >= 0.3 is 0 Å². The number of H-pyrrole nitrogens is 1. The lowest BCUT2D eigenvalue weighted by atomic mass is 9.99. The molecule has 3 aromatic rings. The fraction of sp³-hybridized carbons (Fsp3) is 0.389. The highest BCUT2D eigenvalue weighted by Gasteiger charge is 2.45. The van der Waals surface area contributed by atoms with Crippen molar-refractivity contribution in [3.63, 3.8) is 0 Å². The topological polar surface area (TPSA) is 158 Å². The Morgan fingerprint density at radius 3 is 2.66 bits per heavy atom. The molecule has 0 amide bonds. The largest absolute Gasteiger partial charge is 0.394 e. The number of aromatic nitrogens is 4. The Balaban J connectivity index is 1.60. The maximum Gasteiger partial charge on any atom is 0.254 e. The van der Waals surface area contributed by atoms with Gasteiger partial charge in [-0.05, 0) is 5.56 Å². The molecule has 1 aliphatic rings. The molecule has 1 aliphatic heterocycles. The van der Waals surface area contributed by atoms with Gasteiger partial charge in [-0.2, -0.15) is 0 Å². The van der Waals surface area contributed by atoms with Gasteiger partial charge in [-0.15, -0.1) is 4.73 Å². The van der Waals surface area contributed by atoms with Crippen LogP contribution in [0.4, 0.5) is 0 Å². The van der Waals surface area contributed by atoms with Crippen molar-refractivity contribution in [2.45, 2.75) is 37.3 Å². The first-order valence-electron chi connectivity index (χ1n) is 9.01. The van der Waals surface area contributed by atoms with Crippen LogP contribution >= 0.6 is 0 Å². The van der Waals surface area contributed by atoms with E-state index in [0.29, 0.717) is 23.2 Å². The smallest absolute Gasteiger partial charge is 0.254 e. The molecule has 1 fully saturated rings. The van der Waals surface area contributed by atoms with E-state index in [1.807, 2.05) is 30.3 Å². The first kappa shape index (κ1) is 19.5. The van der Waals surface area contributed by atoms with Crippen LogP contribution in [-0.2, 0) is 11.3 Å². The van der Waals surface area contributed by atoms with Crippen molar-refractivity contribution in [2.24, 2.45) is 4.99 Å². The molecule has 0 radical (unpaired) electrons. The third-order valence-corrected chi connectivity index (χ3v) is 4.66. The molecule has 29 heavy (non-hydrogen) atoms. The van der Waals surface area contributed by atoms with Crippen molar-refractivity contribution in [2.75, 3.05) is 6.61 Å². The first-order chi connectivity index (χ1) is 14.1. The molecule has 11 nitrogen and oxygen atoms in total. The number of benzene rings is 1. The van der Waals surface area contributed by atoms with Crippen molar-refractivity contribution in [1.82, 2.24) is 19.7 Å². The Morgan fingerprint density at radius 2 is 1.90 bits per heavy atom. The van der Waals surface area contributed by atoms with E-state index in [0.717, 1.165) is 5.56 Å². The highest BCUT2D eigenvalue weighted by molar-refractivity contribution is 5.68. The summed E-state index contributed by atoms with van der Waals surface area (Å²) < 4.78 is 6.52. The maximum atomic E-state index is 10.1. The summed E-state index contributed by atoms with van der Waals surface area (Å²) >= 11 is 0. The van der Waals surface area contributed by atoms with Crippen molar-refractivity contribution in [3.8, 4) is 0 Å². The standard InChI is InChI=1S/C18H21N5O6/c24-7-11-13(25)14(26)15(27)18(28-11)29-23-9-22-16(12-17(23)21-8-20-12)19-6-10-4-2-1-3-5-10/h1-5,8-9,11,13-15,18,24-27H,6-7H2,(H,20,21). The summed E-state index contributed by atoms with van der Waals surface area (Å²) in [4.78, 5) is 21.5.